The van der Waals surface area contributed by atoms with Gasteiger partial charge in [0.05, 0.1) is 0 Å². The summed E-state index contributed by atoms with van der Waals surface area (Å²) in [6.45, 7) is 1.96. The lowest BCUT2D eigenvalue weighted by Crippen LogP contribution is -2.42. The van der Waals surface area contributed by atoms with Gasteiger partial charge in [0, 0.05) is 30.2 Å². The molecule has 3 heterocycles. The fourth-order valence-corrected chi connectivity index (χ4v) is 3.50. The Hall–Kier alpha value is -1.07. The van der Waals surface area contributed by atoms with Gasteiger partial charge in [-0.2, -0.15) is 5.10 Å². The van der Waals surface area contributed by atoms with E-state index in [1.165, 1.54) is 12.8 Å². The average molecular weight is 297 g/mol. The van der Waals surface area contributed by atoms with Crippen molar-refractivity contribution in [1.82, 2.24) is 20.4 Å². The molecule has 1 aliphatic carbocycles. The second-order valence-electron chi connectivity index (χ2n) is 6.07. The van der Waals surface area contributed by atoms with Crippen LogP contribution in [0, 0.1) is 0 Å². The van der Waals surface area contributed by atoms with Crippen LogP contribution in [0.5, 0.6) is 0 Å². The molecule has 3 fully saturated rings. The number of amides is 1. The number of nitrogens with zero attached hydrogens (tertiary/aromatic N) is 2. The molecule has 2 bridgehead atoms. The number of fused-ring (bicyclic) bond motifs is 2. The summed E-state index contributed by atoms with van der Waals surface area (Å²) in [5.74, 6) is 0.746. The molecule has 5 nitrogen and oxygen atoms in total. The van der Waals surface area contributed by atoms with Crippen LogP contribution in [0.15, 0.2) is 6.07 Å². The van der Waals surface area contributed by atoms with Crippen molar-refractivity contribution < 1.29 is 4.79 Å². The number of nitrogens with one attached hydrogen (secondary N) is 2. The monoisotopic (exact) mass is 296 g/mol. The second kappa shape index (κ2) is 5.37. The van der Waals surface area contributed by atoms with E-state index in [0.29, 0.717) is 23.7 Å². The lowest BCUT2D eigenvalue weighted by atomic mass is 10.1. The van der Waals surface area contributed by atoms with Crippen LogP contribution in [0.25, 0.3) is 0 Å². The molecule has 110 valence electrons. The Morgan fingerprint density at radius 2 is 2.00 bits per heavy atom. The predicted octanol–water partition coefficient (Wildman–Crippen LogP) is 1.68. The van der Waals surface area contributed by atoms with Crippen molar-refractivity contribution >= 4 is 18.3 Å². The van der Waals surface area contributed by atoms with E-state index < -0.39 is 0 Å². The Morgan fingerprint density at radius 1 is 1.20 bits per heavy atom. The highest BCUT2D eigenvalue weighted by Crippen LogP contribution is 2.39. The molecule has 0 spiro atoms. The van der Waals surface area contributed by atoms with Gasteiger partial charge in [-0.3, -0.25) is 9.89 Å². The molecular weight excluding hydrogens is 276 g/mol. The number of carbonyl (C=O) groups is 1. The van der Waals surface area contributed by atoms with Gasteiger partial charge in [0.1, 0.15) is 5.69 Å². The number of hydrogen-bond donors (Lipinski definition) is 2. The van der Waals surface area contributed by atoms with Gasteiger partial charge in [-0.1, -0.05) is 0 Å². The van der Waals surface area contributed by atoms with Gasteiger partial charge in [-0.05, 0) is 44.7 Å². The number of hydrogen-bond acceptors (Lipinski definition) is 3. The number of halogens is 1. The maximum atomic E-state index is 12.7. The molecule has 4 rings (SSSR count). The first-order valence-corrected chi connectivity index (χ1v) is 7.41. The number of carbonyl (C=O) groups excluding carboxylic acids is 1. The summed E-state index contributed by atoms with van der Waals surface area (Å²) < 4.78 is 0. The molecule has 1 aromatic rings. The van der Waals surface area contributed by atoms with Crippen molar-refractivity contribution in [1.29, 1.82) is 0 Å². The molecule has 2 unspecified atom stereocenters. The zero-order valence-corrected chi connectivity index (χ0v) is 12.3. The van der Waals surface area contributed by atoms with E-state index in [9.17, 15) is 4.79 Å². The predicted molar refractivity (Wildman–Crippen MR) is 78.3 cm³/mol. The molecule has 0 radical (unpaired) electrons. The van der Waals surface area contributed by atoms with Crippen molar-refractivity contribution in [3.63, 3.8) is 0 Å². The van der Waals surface area contributed by atoms with Crippen LogP contribution in [0.4, 0.5) is 0 Å². The third-order valence-electron chi connectivity index (χ3n) is 4.72. The molecule has 2 N–H and O–H groups in total. The molecule has 2 saturated heterocycles. The van der Waals surface area contributed by atoms with E-state index in [1.807, 2.05) is 6.07 Å². The average Bonchev–Trinajstić information content (AvgIpc) is 3.04. The van der Waals surface area contributed by atoms with Crippen molar-refractivity contribution in [2.24, 2.45) is 0 Å². The molecule has 1 amide bonds. The van der Waals surface area contributed by atoms with E-state index in [1.54, 1.807) is 0 Å². The van der Waals surface area contributed by atoms with Crippen molar-refractivity contribution in [3.8, 4) is 0 Å². The molecule has 6 heteroatoms. The minimum atomic E-state index is 0. The minimum Gasteiger partial charge on any atom is -0.330 e. The van der Waals surface area contributed by atoms with Crippen molar-refractivity contribution in [2.75, 3.05) is 13.1 Å². The normalized spacial score (nSPS) is 28.9. The highest BCUT2D eigenvalue weighted by Gasteiger charge is 2.39. The summed E-state index contributed by atoms with van der Waals surface area (Å²) in [6, 6.07) is 2.74. The molecule has 20 heavy (non-hydrogen) atoms. The number of aromatic amines is 1. The summed E-state index contributed by atoms with van der Waals surface area (Å²) in [7, 11) is 0. The van der Waals surface area contributed by atoms with Crippen LogP contribution in [-0.2, 0) is 0 Å². The van der Waals surface area contributed by atoms with Gasteiger partial charge >= 0.3 is 0 Å². The van der Waals surface area contributed by atoms with Gasteiger partial charge in [0.2, 0.25) is 0 Å². The van der Waals surface area contributed by atoms with E-state index in [4.69, 9.17) is 0 Å². The van der Waals surface area contributed by atoms with Crippen LogP contribution < -0.4 is 5.32 Å². The summed E-state index contributed by atoms with van der Waals surface area (Å²) in [6.07, 6.45) is 5.81. The summed E-state index contributed by atoms with van der Waals surface area (Å²) >= 11 is 0. The molecule has 1 aromatic heterocycles. The van der Waals surface area contributed by atoms with Gasteiger partial charge in [0.25, 0.3) is 5.91 Å². The number of rotatable bonds is 2. The summed E-state index contributed by atoms with van der Waals surface area (Å²) in [5.41, 5.74) is 1.75. The Bertz CT molecular complexity index is 485. The Morgan fingerprint density at radius 3 is 2.80 bits per heavy atom. The minimum absolute atomic E-state index is 0. The zero-order chi connectivity index (χ0) is 12.8. The van der Waals surface area contributed by atoms with Gasteiger partial charge < -0.3 is 10.2 Å². The van der Waals surface area contributed by atoms with Crippen LogP contribution >= 0.6 is 12.4 Å². The van der Waals surface area contributed by atoms with Gasteiger partial charge in [0.15, 0.2) is 0 Å². The molecule has 2 atom stereocenters. The second-order valence-corrected chi connectivity index (χ2v) is 6.07. The Labute approximate surface area is 124 Å². The SMILES string of the molecule is Cl.O=C(c1cc(C2CC2)[nH]n1)N1C2CCNCC1CC2. The van der Waals surface area contributed by atoms with Crippen LogP contribution in [-0.4, -0.2) is 46.2 Å². The van der Waals surface area contributed by atoms with Gasteiger partial charge in [-0.15, -0.1) is 12.4 Å². The first kappa shape index (κ1) is 13.9. The van der Waals surface area contributed by atoms with E-state index in [0.717, 1.165) is 38.0 Å². The first-order valence-electron chi connectivity index (χ1n) is 7.41. The summed E-state index contributed by atoms with van der Waals surface area (Å²) in [5, 5.41) is 10.7. The molecule has 2 aliphatic heterocycles. The molecule has 3 aliphatic rings. The smallest absolute Gasteiger partial charge is 0.274 e. The lowest BCUT2D eigenvalue weighted by molar-refractivity contribution is 0.0674. The van der Waals surface area contributed by atoms with Crippen LogP contribution in [0.2, 0.25) is 0 Å². The fraction of sp³-hybridized carbons (Fsp3) is 0.714. The largest absolute Gasteiger partial charge is 0.330 e. The molecule has 1 saturated carbocycles. The first-order chi connectivity index (χ1) is 9.33. The zero-order valence-electron chi connectivity index (χ0n) is 11.5. The molecular formula is C14H21ClN4O. The van der Waals surface area contributed by atoms with Crippen molar-refractivity contribution in [2.45, 2.75) is 50.1 Å². The maximum absolute atomic E-state index is 12.7. The highest BCUT2D eigenvalue weighted by atomic mass is 35.5. The van der Waals surface area contributed by atoms with E-state index in [2.05, 4.69) is 20.4 Å². The lowest BCUT2D eigenvalue weighted by Gasteiger charge is -2.26. The summed E-state index contributed by atoms with van der Waals surface area (Å²) in [4.78, 5) is 14.8. The number of H-pyrrole nitrogens is 1. The maximum Gasteiger partial charge on any atom is 0.274 e. The quantitative estimate of drug-likeness (QED) is 0.873. The van der Waals surface area contributed by atoms with E-state index >= 15 is 0 Å². The fourth-order valence-electron chi connectivity index (χ4n) is 3.50. The van der Waals surface area contributed by atoms with Crippen LogP contribution in [0.1, 0.15) is 54.2 Å². The third kappa shape index (κ3) is 2.33. The Balaban J connectivity index is 0.00000121. The standard InChI is InChI=1S/C14H20N4O.ClH/c19-14(13-7-12(16-17-13)9-1-2-9)18-10-3-4-11(18)8-15-6-5-10;/h7,9-11,15H,1-6,8H2,(H,16,17);1H. The van der Waals surface area contributed by atoms with Crippen molar-refractivity contribution in [3.05, 3.63) is 17.5 Å². The molecule has 0 aromatic carbocycles. The number of aromatic nitrogens is 2. The topological polar surface area (TPSA) is 61.0 Å². The van der Waals surface area contributed by atoms with Crippen LogP contribution in [0.3, 0.4) is 0 Å². The van der Waals surface area contributed by atoms with Gasteiger partial charge in [-0.25, -0.2) is 0 Å². The van der Waals surface area contributed by atoms with E-state index in [-0.39, 0.29) is 18.3 Å². The highest BCUT2D eigenvalue weighted by molar-refractivity contribution is 5.93. The Kier molecular flexibility index (Phi) is 3.73. The third-order valence-corrected chi connectivity index (χ3v) is 4.72.